The molecule has 0 saturated carbocycles. The van der Waals surface area contributed by atoms with Gasteiger partial charge >= 0.3 is 0 Å². The molecule has 1 aromatic carbocycles. The van der Waals surface area contributed by atoms with Gasteiger partial charge in [0.05, 0.1) is 5.60 Å². The van der Waals surface area contributed by atoms with Crippen LogP contribution < -0.4 is 0 Å². The molecule has 0 saturated heterocycles. The summed E-state index contributed by atoms with van der Waals surface area (Å²) < 4.78 is 0. The highest BCUT2D eigenvalue weighted by Gasteiger charge is 2.21. The Labute approximate surface area is 78.0 Å². The van der Waals surface area contributed by atoms with Crippen molar-refractivity contribution in [2.75, 3.05) is 5.88 Å². The van der Waals surface area contributed by atoms with E-state index in [1.54, 1.807) is 6.92 Å². The Morgan fingerprint density at radius 3 is 2.42 bits per heavy atom. The van der Waals surface area contributed by atoms with Crippen LogP contribution in [0.5, 0.6) is 0 Å². The zero-order valence-corrected chi connectivity index (χ0v) is 7.88. The van der Waals surface area contributed by atoms with E-state index in [4.69, 9.17) is 11.6 Å². The first-order valence-electron chi connectivity index (χ1n) is 4.01. The third kappa shape index (κ3) is 2.23. The van der Waals surface area contributed by atoms with E-state index in [0.717, 1.165) is 5.56 Å². The van der Waals surface area contributed by atoms with Crippen LogP contribution in [0, 0.1) is 0 Å². The fourth-order valence-electron chi connectivity index (χ4n) is 1.13. The Bertz CT molecular complexity index is 231. The maximum atomic E-state index is 9.90. The second-order valence-electron chi connectivity index (χ2n) is 3.08. The van der Waals surface area contributed by atoms with Gasteiger partial charge in [0.15, 0.2) is 0 Å². The van der Waals surface area contributed by atoms with Crippen LogP contribution in [0.15, 0.2) is 30.3 Å². The van der Waals surface area contributed by atoms with Crippen LogP contribution >= 0.6 is 11.6 Å². The smallest absolute Gasteiger partial charge is 0.0879 e. The normalized spacial score (nSPS) is 15.6. The van der Waals surface area contributed by atoms with Crippen LogP contribution in [-0.2, 0) is 5.60 Å². The molecule has 1 N–H and O–H groups in total. The number of rotatable bonds is 3. The molecule has 0 bridgehead atoms. The highest BCUT2D eigenvalue weighted by molar-refractivity contribution is 6.17. The second kappa shape index (κ2) is 3.92. The van der Waals surface area contributed by atoms with E-state index in [2.05, 4.69) is 0 Å². The number of hydrogen-bond donors (Lipinski definition) is 1. The zero-order valence-electron chi connectivity index (χ0n) is 7.13. The molecule has 0 aliphatic rings. The molecule has 0 unspecified atom stereocenters. The third-order valence-corrected chi connectivity index (χ3v) is 2.17. The molecule has 0 aliphatic carbocycles. The predicted octanol–water partition coefficient (Wildman–Crippen LogP) is 2.52. The summed E-state index contributed by atoms with van der Waals surface area (Å²) in [5.41, 5.74) is 0.133. The third-order valence-electron chi connectivity index (χ3n) is 1.98. The summed E-state index contributed by atoms with van der Waals surface area (Å²) in [5, 5.41) is 9.90. The van der Waals surface area contributed by atoms with E-state index < -0.39 is 5.60 Å². The van der Waals surface area contributed by atoms with Crippen molar-refractivity contribution in [1.82, 2.24) is 0 Å². The van der Waals surface area contributed by atoms with E-state index in [1.165, 1.54) is 0 Å². The van der Waals surface area contributed by atoms with Crippen molar-refractivity contribution in [1.29, 1.82) is 0 Å². The summed E-state index contributed by atoms with van der Waals surface area (Å²) in [6.07, 6.45) is 0.582. The molecule has 1 nitrogen and oxygen atoms in total. The zero-order chi connectivity index (χ0) is 9.03. The van der Waals surface area contributed by atoms with Crippen molar-refractivity contribution < 1.29 is 5.11 Å². The SMILES string of the molecule is C[C@@](O)(CCCl)c1ccccc1. The highest BCUT2D eigenvalue weighted by atomic mass is 35.5. The molecule has 1 aromatic rings. The van der Waals surface area contributed by atoms with Crippen LogP contribution in [0.25, 0.3) is 0 Å². The Balaban J connectivity index is 2.82. The molecule has 0 amide bonds. The minimum atomic E-state index is -0.789. The van der Waals surface area contributed by atoms with Crippen molar-refractivity contribution in [3.8, 4) is 0 Å². The van der Waals surface area contributed by atoms with Crippen molar-refractivity contribution in [3.63, 3.8) is 0 Å². The summed E-state index contributed by atoms with van der Waals surface area (Å²) in [5.74, 6) is 0.474. The largest absolute Gasteiger partial charge is 0.385 e. The van der Waals surface area contributed by atoms with Crippen LogP contribution in [0.2, 0.25) is 0 Å². The number of benzene rings is 1. The predicted molar refractivity (Wildman–Crippen MR) is 51.3 cm³/mol. The molecule has 0 aliphatic heterocycles. The molecular formula is C10H13ClO. The lowest BCUT2D eigenvalue weighted by Gasteiger charge is -2.22. The molecule has 0 fully saturated rings. The highest BCUT2D eigenvalue weighted by Crippen LogP contribution is 2.24. The van der Waals surface area contributed by atoms with Gasteiger partial charge < -0.3 is 5.11 Å². The molecule has 0 spiro atoms. The van der Waals surface area contributed by atoms with Crippen LogP contribution in [-0.4, -0.2) is 11.0 Å². The second-order valence-corrected chi connectivity index (χ2v) is 3.46. The van der Waals surface area contributed by atoms with Gasteiger partial charge in [-0.15, -0.1) is 11.6 Å². The number of hydrogen-bond acceptors (Lipinski definition) is 1. The Kier molecular flexibility index (Phi) is 3.12. The fourth-order valence-corrected chi connectivity index (χ4v) is 1.49. The standard InChI is InChI=1S/C10H13ClO/c1-10(12,7-8-11)9-5-3-2-4-6-9/h2-6,12H,7-8H2,1H3/t10-/m1/s1. The quantitative estimate of drug-likeness (QED) is 0.716. The lowest BCUT2D eigenvalue weighted by atomic mass is 9.94. The summed E-state index contributed by atoms with van der Waals surface area (Å²) in [4.78, 5) is 0. The summed E-state index contributed by atoms with van der Waals surface area (Å²) in [6.45, 7) is 1.78. The van der Waals surface area contributed by atoms with Gasteiger partial charge in [0, 0.05) is 5.88 Å². The first-order chi connectivity index (χ1) is 5.67. The van der Waals surface area contributed by atoms with Gasteiger partial charge in [-0.2, -0.15) is 0 Å². The van der Waals surface area contributed by atoms with E-state index in [1.807, 2.05) is 30.3 Å². The van der Waals surface area contributed by atoms with Gasteiger partial charge in [0.25, 0.3) is 0 Å². The van der Waals surface area contributed by atoms with Crippen LogP contribution in [0.3, 0.4) is 0 Å². The van der Waals surface area contributed by atoms with Gasteiger partial charge in [0.1, 0.15) is 0 Å². The lowest BCUT2D eigenvalue weighted by Crippen LogP contribution is -2.21. The van der Waals surface area contributed by atoms with Gasteiger partial charge in [-0.25, -0.2) is 0 Å². The van der Waals surface area contributed by atoms with Gasteiger partial charge in [-0.05, 0) is 18.9 Å². The van der Waals surface area contributed by atoms with E-state index >= 15 is 0 Å². The monoisotopic (exact) mass is 184 g/mol. The molecule has 1 atom stereocenters. The van der Waals surface area contributed by atoms with Crippen molar-refractivity contribution >= 4 is 11.6 Å². The van der Waals surface area contributed by atoms with Crippen LogP contribution in [0.4, 0.5) is 0 Å². The molecule has 66 valence electrons. The lowest BCUT2D eigenvalue weighted by molar-refractivity contribution is 0.0540. The number of halogens is 1. The number of aliphatic hydroxyl groups is 1. The van der Waals surface area contributed by atoms with Crippen molar-refractivity contribution in [2.24, 2.45) is 0 Å². The molecule has 12 heavy (non-hydrogen) atoms. The van der Waals surface area contributed by atoms with Gasteiger partial charge in [-0.1, -0.05) is 30.3 Å². The minimum absolute atomic E-state index is 0.474. The maximum Gasteiger partial charge on any atom is 0.0879 e. The average molecular weight is 185 g/mol. The van der Waals surface area contributed by atoms with Crippen molar-refractivity contribution in [3.05, 3.63) is 35.9 Å². The Morgan fingerprint density at radius 1 is 1.33 bits per heavy atom. The topological polar surface area (TPSA) is 20.2 Å². The fraction of sp³-hybridized carbons (Fsp3) is 0.400. The molecule has 2 heteroatoms. The van der Waals surface area contributed by atoms with E-state index in [9.17, 15) is 5.11 Å². The first kappa shape index (κ1) is 9.56. The first-order valence-corrected chi connectivity index (χ1v) is 4.54. The molecule has 0 heterocycles. The van der Waals surface area contributed by atoms with Crippen molar-refractivity contribution in [2.45, 2.75) is 18.9 Å². The molecule has 0 aromatic heterocycles. The maximum absolute atomic E-state index is 9.90. The molecular weight excluding hydrogens is 172 g/mol. The molecule has 0 radical (unpaired) electrons. The van der Waals surface area contributed by atoms with Gasteiger partial charge in [0.2, 0.25) is 0 Å². The molecule has 1 rings (SSSR count). The van der Waals surface area contributed by atoms with E-state index in [0.29, 0.717) is 12.3 Å². The summed E-state index contributed by atoms with van der Waals surface area (Å²) in [7, 11) is 0. The summed E-state index contributed by atoms with van der Waals surface area (Å²) in [6, 6.07) is 9.58. The average Bonchev–Trinajstić information content (AvgIpc) is 2.06. The summed E-state index contributed by atoms with van der Waals surface area (Å²) >= 11 is 5.58. The van der Waals surface area contributed by atoms with Gasteiger partial charge in [-0.3, -0.25) is 0 Å². The minimum Gasteiger partial charge on any atom is -0.385 e. The Hall–Kier alpha value is -0.530. The van der Waals surface area contributed by atoms with E-state index in [-0.39, 0.29) is 0 Å². The Morgan fingerprint density at radius 2 is 1.92 bits per heavy atom. The number of alkyl halides is 1. The van der Waals surface area contributed by atoms with Crippen LogP contribution in [0.1, 0.15) is 18.9 Å².